The van der Waals surface area contributed by atoms with Crippen LogP contribution in [0.25, 0.3) is 10.2 Å². The molecule has 0 fully saturated rings. The molecule has 1 unspecified atom stereocenters. The molecule has 1 amide bonds. The van der Waals surface area contributed by atoms with E-state index in [1.807, 2.05) is 20.8 Å². The number of benzene rings is 1. The number of amides is 1. The second-order valence-electron chi connectivity index (χ2n) is 6.44. The summed E-state index contributed by atoms with van der Waals surface area (Å²) in [7, 11) is 0. The lowest BCUT2D eigenvalue weighted by atomic mass is 10.0. The second kappa shape index (κ2) is 6.92. The first-order valence-corrected chi connectivity index (χ1v) is 9.34. The Hall–Kier alpha value is -2.27. The standard InChI is InChI=1S/C20H23N3OS/c1-6-16(15-9-7-11(2)8-10-15)23-19(24)18-12(3)17-13(4)21-14(5)22-20(17)25-18/h7-10,16H,6H2,1-5H3,(H,23,24). The zero-order chi connectivity index (χ0) is 18.1. The van der Waals surface area contributed by atoms with E-state index in [1.165, 1.54) is 16.9 Å². The van der Waals surface area contributed by atoms with E-state index in [4.69, 9.17) is 0 Å². The van der Waals surface area contributed by atoms with Crippen LogP contribution < -0.4 is 5.32 Å². The number of hydrogen-bond donors (Lipinski definition) is 1. The van der Waals surface area contributed by atoms with E-state index in [2.05, 4.69) is 53.4 Å². The topological polar surface area (TPSA) is 54.9 Å². The fourth-order valence-electron chi connectivity index (χ4n) is 3.13. The third kappa shape index (κ3) is 3.42. The number of rotatable bonds is 4. The van der Waals surface area contributed by atoms with Crippen LogP contribution in [0.4, 0.5) is 0 Å². The number of aromatic nitrogens is 2. The van der Waals surface area contributed by atoms with Crippen molar-refractivity contribution in [3.63, 3.8) is 0 Å². The summed E-state index contributed by atoms with van der Waals surface area (Å²) in [5.74, 6) is 0.703. The smallest absolute Gasteiger partial charge is 0.262 e. The van der Waals surface area contributed by atoms with Gasteiger partial charge in [-0.1, -0.05) is 36.8 Å². The highest BCUT2D eigenvalue weighted by molar-refractivity contribution is 7.20. The largest absolute Gasteiger partial charge is 0.345 e. The van der Waals surface area contributed by atoms with Gasteiger partial charge in [0, 0.05) is 11.1 Å². The number of hydrogen-bond acceptors (Lipinski definition) is 4. The van der Waals surface area contributed by atoms with E-state index in [-0.39, 0.29) is 11.9 Å². The minimum Gasteiger partial charge on any atom is -0.345 e. The van der Waals surface area contributed by atoms with Crippen LogP contribution in [0.3, 0.4) is 0 Å². The van der Waals surface area contributed by atoms with Gasteiger partial charge in [0.25, 0.3) is 5.91 Å². The molecule has 0 aliphatic heterocycles. The molecule has 130 valence electrons. The van der Waals surface area contributed by atoms with Gasteiger partial charge in [0.1, 0.15) is 10.7 Å². The first-order chi connectivity index (χ1) is 11.9. The van der Waals surface area contributed by atoms with E-state index in [1.54, 1.807) is 0 Å². The molecule has 0 saturated heterocycles. The van der Waals surface area contributed by atoms with Gasteiger partial charge in [-0.25, -0.2) is 9.97 Å². The Morgan fingerprint density at radius 3 is 2.44 bits per heavy atom. The highest BCUT2D eigenvalue weighted by Gasteiger charge is 2.21. The van der Waals surface area contributed by atoms with Crippen molar-refractivity contribution < 1.29 is 4.79 Å². The van der Waals surface area contributed by atoms with Gasteiger partial charge in [0.2, 0.25) is 0 Å². The van der Waals surface area contributed by atoms with Gasteiger partial charge in [-0.05, 0) is 45.2 Å². The summed E-state index contributed by atoms with van der Waals surface area (Å²) in [5.41, 5.74) is 4.25. The molecule has 1 aromatic carbocycles. The van der Waals surface area contributed by atoms with Gasteiger partial charge >= 0.3 is 0 Å². The minimum atomic E-state index is -0.0371. The average Bonchev–Trinajstić information content (AvgIpc) is 2.90. The first-order valence-electron chi connectivity index (χ1n) is 8.52. The van der Waals surface area contributed by atoms with E-state index in [9.17, 15) is 4.79 Å². The molecule has 0 saturated carbocycles. The van der Waals surface area contributed by atoms with Crippen molar-refractivity contribution >= 4 is 27.5 Å². The first kappa shape index (κ1) is 17.5. The number of carbonyl (C=O) groups is 1. The Bertz CT molecular complexity index is 928. The number of aryl methyl sites for hydroxylation is 4. The van der Waals surface area contributed by atoms with Crippen molar-refractivity contribution in [2.75, 3.05) is 0 Å². The molecule has 0 radical (unpaired) electrons. The number of thiophene rings is 1. The quantitative estimate of drug-likeness (QED) is 0.732. The van der Waals surface area contributed by atoms with Crippen molar-refractivity contribution in [2.45, 2.75) is 47.1 Å². The Balaban J connectivity index is 1.92. The zero-order valence-corrected chi connectivity index (χ0v) is 16.1. The molecule has 1 atom stereocenters. The molecule has 4 nitrogen and oxygen atoms in total. The molecule has 0 bridgehead atoms. The highest BCUT2D eigenvalue weighted by atomic mass is 32.1. The Morgan fingerprint density at radius 1 is 1.12 bits per heavy atom. The summed E-state index contributed by atoms with van der Waals surface area (Å²) in [6.45, 7) is 9.98. The van der Waals surface area contributed by atoms with Gasteiger partial charge < -0.3 is 5.32 Å². The monoisotopic (exact) mass is 353 g/mol. The van der Waals surface area contributed by atoms with Gasteiger partial charge in [-0.3, -0.25) is 4.79 Å². The number of nitrogens with zero attached hydrogens (tertiary/aromatic N) is 2. The molecule has 5 heteroatoms. The predicted molar refractivity (Wildman–Crippen MR) is 103 cm³/mol. The molecular formula is C20H23N3OS. The third-order valence-corrected chi connectivity index (χ3v) is 5.67. The SMILES string of the molecule is CCC(NC(=O)c1sc2nc(C)nc(C)c2c1C)c1ccc(C)cc1. The van der Waals surface area contributed by atoms with Crippen LogP contribution in [-0.4, -0.2) is 15.9 Å². The molecule has 0 spiro atoms. The second-order valence-corrected chi connectivity index (χ2v) is 7.44. The normalized spacial score (nSPS) is 12.4. The van der Waals surface area contributed by atoms with Gasteiger partial charge in [-0.15, -0.1) is 11.3 Å². The van der Waals surface area contributed by atoms with Crippen LogP contribution >= 0.6 is 11.3 Å². The lowest BCUT2D eigenvalue weighted by Crippen LogP contribution is -2.27. The predicted octanol–water partition coefficient (Wildman–Crippen LogP) is 4.81. The summed E-state index contributed by atoms with van der Waals surface area (Å²) in [6, 6.07) is 8.33. The van der Waals surface area contributed by atoms with Crippen molar-refractivity contribution in [1.82, 2.24) is 15.3 Å². The minimum absolute atomic E-state index is 0.00614. The molecule has 2 heterocycles. The fourth-order valence-corrected chi connectivity index (χ4v) is 4.31. The highest BCUT2D eigenvalue weighted by Crippen LogP contribution is 2.31. The van der Waals surface area contributed by atoms with Gasteiger partial charge in [0.05, 0.1) is 10.9 Å². The maximum Gasteiger partial charge on any atom is 0.262 e. The lowest BCUT2D eigenvalue weighted by Gasteiger charge is -2.17. The van der Waals surface area contributed by atoms with Crippen LogP contribution in [0.2, 0.25) is 0 Å². The number of carbonyl (C=O) groups excluding carboxylic acids is 1. The molecule has 25 heavy (non-hydrogen) atoms. The summed E-state index contributed by atoms with van der Waals surface area (Å²) in [5, 5.41) is 4.18. The zero-order valence-electron chi connectivity index (χ0n) is 15.3. The van der Waals surface area contributed by atoms with Gasteiger partial charge in [0.15, 0.2) is 0 Å². The molecule has 0 aliphatic rings. The van der Waals surface area contributed by atoms with E-state index in [0.29, 0.717) is 0 Å². The number of nitrogens with one attached hydrogen (secondary N) is 1. The molecule has 1 N–H and O–H groups in total. The summed E-state index contributed by atoms with van der Waals surface area (Å²) in [6.07, 6.45) is 0.844. The maximum atomic E-state index is 12.9. The fraction of sp³-hybridized carbons (Fsp3) is 0.350. The van der Waals surface area contributed by atoms with Crippen LogP contribution in [0, 0.1) is 27.7 Å². The van der Waals surface area contributed by atoms with E-state index < -0.39 is 0 Å². The van der Waals surface area contributed by atoms with E-state index >= 15 is 0 Å². The molecule has 2 aromatic heterocycles. The van der Waals surface area contributed by atoms with Crippen molar-refractivity contribution in [2.24, 2.45) is 0 Å². The lowest BCUT2D eigenvalue weighted by molar-refractivity contribution is 0.0939. The van der Waals surface area contributed by atoms with Crippen LogP contribution in [0.5, 0.6) is 0 Å². The third-order valence-electron chi connectivity index (χ3n) is 4.48. The molecule has 3 rings (SSSR count). The summed E-state index contributed by atoms with van der Waals surface area (Å²) < 4.78 is 0. The van der Waals surface area contributed by atoms with E-state index in [0.717, 1.165) is 44.2 Å². The average molecular weight is 353 g/mol. The maximum absolute atomic E-state index is 12.9. The van der Waals surface area contributed by atoms with Crippen molar-refractivity contribution in [3.8, 4) is 0 Å². The Kier molecular flexibility index (Phi) is 4.86. The van der Waals surface area contributed by atoms with Crippen molar-refractivity contribution in [3.05, 3.63) is 57.4 Å². The van der Waals surface area contributed by atoms with Crippen LogP contribution in [-0.2, 0) is 0 Å². The Morgan fingerprint density at radius 2 is 1.80 bits per heavy atom. The van der Waals surface area contributed by atoms with Crippen LogP contribution in [0.15, 0.2) is 24.3 Å². The van der Waals surface area contributed by atoms with Crippen LogP contribution in [0.1, 0.15) is 57.3 Å². The van der Waals surface area contributed by atoms with Gasteiger partial charge in [-0.2, -0.15) is 0 Å². The molecule has 3 aromatic rings. The summed E-state index contributed by atoms with van der Waals surface area (Å²) >= 11 is 1.45. The van der Waals surface area contributed by atoms with Crippen molar-refractivity contribution in [1.29, 1.82) is 0 Å². The Labute approximate surface area is 152 Å². The molecule has 0 aliphatic carbocycles. The summed E-state index contributed by atoms with van der Waals surface area (Å²) in [4.78, 5) is 23.4. The molecular weight excluding hydrogens is 330 g/mol. The number of fused-ring (bicyclic) bond motifs is 1.